The molecule has 0 aromatic rings. The molecule has 0 radical (unpaired) electrons. The van der Waals surface area contributed by atoms with E-state index >= 15 is 0 Å². The van der Waals surface area contributed by atoms with Crippen LogP contribution in [-0.2, 0) is 9.59 Å². The van der Waals surface area contributed by atoms with Crippen LogP contribution < -0.4 is 10.6 Å². The van der Waals surface area contributed by atoms with E-state index in [0.29, 0.717) is 6.42 Å². The Bertz CT molecular complexity index is 295. The van der Waals surface area contributed by atoms with E-state index < -0.39 is 0 Å². The van der Waals surface area contributed by atoms with Crippen LogP contribution in [0.3, 0.4) is 0 Å². The summed E-state index contributed by atoms with van der Waals surface area (Å²) >= 11 is 0. The van der Waals surface area contributed by atoms with Crippen LogP contribution in [0.15, 0.2) is 11.8 Å². The first-order valence-electron chi connectivity index (χ1n) is 5.29. The van der Waals surface area contributed by atoms with Gasteiger partial charge in [-0.15, -0.1) is 0 Å². The summed E-state index contributed by atoms with van der Waals surface area (Å²) in [5.74, 6) is 0.0965. The molecule has 0 fully saturated rings. The van der Waals surface area contributed by atoms with Crippen LogP contribution in [0.1, 0.15) is 33.6 Å². The number of nitrogens with one attached hydrogen (secondary N) is 2. The minimum atomic E-state index is -0.287. The second kappa shape index (κ2) is 4.96. The Morgan fingerprint density at radius 2 is 2.00 bits per heavy atom. The van der Waals surface area contributed by atoms with Crippen molar-refractivity contribution in [3.8, 4) is 0 Å². The van der Waals surface area contributed by atoms with Crippen LogP contribution >= 0.6 is 0 Å². The van der Waals surface area contributed by atoms with E-state index in [9.17, 15) is 9.59 Å². The maximum absolute atomic E-state index is 11.5. The third-order valence-electron chi connectivity index (χ3n) is 2.20. The summed E-state index contributed by atoms with van der Waals surface area (Å²) in [5.41, 5.74) is 0.867. The number of ketones is 1. The summed E-state index contributed by atoms with van der Waals surface area (Å²) in [7, 11) is 0. The Morgan fingerprint density at radius 3 is 2.47 bits per heavy atom. The van der Waals surface area contributed by atoms with Gasteiger partial charge in [0.2, 0.25) is 5.91 Å². The molecule has 2 N–H and O–H groups in total. The van der Waals surface area contributed by atoms with Gasteiger partial charge in [0, 0.05) is 24.2 Å². The van der Waals surface area contributed by atoms with Gasteiger partial charge in [0.15, 0.2) is 5.78 Å². The van der Waals surface area contributed by atoms with E-state index in [4.69, 9.17) is 0 Å². The van der Waals surface area contributed by atoms with E-state index in [1.165, 1.54) is 0 Å². The van der Waals surface area contributed by atoms with Crippen molar-refractivity contribution in [3.63, 3.8) is 0 Å². The molecule has 1 amide bonds. The number of amides is 1. The highest BCUT2D eigenvalue weighted by atomic mass is 16.2. The largest absolute Gasteiger partial charge is 0.377 e. The lowest BCUT2D eigenvalue weighted by molar-refractivity contribution is -0.123. The van der Waals surface area contributed by atoms with Crippen molar-refractivity contribution in [3.05, 3.63) is 11.8 Å². The van der Waals surface area contributed by atoms with E-state index in [1.54, 1.807) is 13.0 Å². The summed E-state index contributed by atoms with van der Waals surface area (Å²) in [6.45, 7) is 5.63. The standard InChI is InChI=1S/C11H18N2O2/c1-7(2)12-11(15)8(3)13-9-4-5-10(14)6-9/h6-8,13H,4-5H2,1-3H3,(H,12,15). The van der Waals surface area contributed by atoms with Crippen LogP contribution in [0.2, 0.25) is 0 Å². The van der Waals surface area contributed by atoms with E-state index in [0.717, 1.165) is 12.1 Å². The van der Waals surface area contributed by atoms with Gasteiger partial charge in [0.1, 0.15) is 6.04 Å². The van der Waals surface area contributed by atoms with E-state index in [1.807, 2.05) is 13.8 Å². The predicted molar refractivity (Wildman–Crippen MR) is 58.2 cm³/mol. The van der Waals surface area contributed by atoms with Crippen molar-refractivity contribution in [1.82, 2.24) is 10.6 Å². The minimum absolute atomic E-state index is 0.0368. The lowest BCUT2D eigenvalue weighted by Crippen LogP contribution is -2.44. The molecule has 0 saturated carbocycles. The zero-order valence-electron chi connectivity index (χ0n) is 9.46. The zero-order chi connectivity index (χ0) is 11.4. The van der Waals surface area contributed by atoms with Gasteiger partial charge in [0.25, 0.3) is 0 Å². The van der Waals surface area contributed by atoms with Crippen molar-refractivity contribution in [1.29, 1.82) is 0 Å². The molecular weight excluding hydrogens is 192 g/mol. The number of carbonyl (C=O) groups excluding carboxylic acids is 2. The first-order valence-corrected chi connectivity index (χ1v) is 5.29. The lowest BCUT2D eigenvalue weighted by Gasteiger charge is -2.17. The molecule has 1 unspecified atom stereocenters. The molecule has 1 rings (SSSR count). The van der Waals surface area contributed by atoms with Gasteiger partial charge in [-0.2, -0.15) is 0 Å². The molecule has 0 saturated heterocycles. The van der Waals surface area contributed by atoms with E-state index in [2.05, 4.69) is 10.6 Å². The van der Waals surface area contributed by atoms with Crippen LogP contribution in [-0.4, -0.2) is 23.8 Å². The third kappa shape index (κ3) is 3.73. The Labute approximate surface area is 90.1 Å². The Hall–Kier alpha value is -1.32. The average molecular weight is 210 g/mol. The van der Waals surface area contributed by atoms with Crippen LogP contribution in [0.25, 0.3) is 0 Å². The molecule has 0 aliphatic heterocycles. The van der Waals surface area contributed by atoms with Gasteiger partial charge in [-0.1, -0.05) is 0 Å². The number of rotatable bonds is 4. The summed E-state index contributed by atoms with van der Waals surface area (Å²) in [6, 6.07) is -0.148. The molecular formula is C11H18N2O2. The molecule has 0 bridgehead atoms. The smallest absolute Gasteiger partial charge is 0.242 e. The first-order chi connectivity index (χ1) is 6.99. The van der Waals surface area contributed by atoms with Gasteiger partial charge >= 0.3 is 0 Å². The molecule has 1 aliphatic rings. The molecule has 1 atom stereocenters. The highest BCUT2D eigenvalue weighted by Crippen LogP contribution is 2.12. The predicted octanol–water partition coefficient (Wildman–Crippen LogP) is 0.736. The summed E-state index contributed by atoms with van der Waals surface area (Å²) < 4.78 is 0. The van der Waals surface area contributed by atoms with Gasteiger partial charge in [0.05, 0.1) is 0 Å². The fourth-order valence-corrected chi connectivity index (χ4v) is 1.46. The van der Waals surface area contributed by atoms with Gasteiger partial charge in [-0.05, 0) is 27.2 Å². The normalized spacial score (nSPS) is 17.6. The van der Waals surface area contributed by atoms with Crippen molar-refractivity contribution < 1.29 is 9.59 Å². The van der Waals surface area contributed by atoms with Crippen LogP contribution in [0.5, 0.6) is 0 Å². The topological polar surface area (TPSA) is 58.2 Å². The molecule has 0 aromatic carbocycles. The number of allylic oxidation sites excluding steroid dienone is 2. The van der Waals surface area contributed by atoms with Gasteiger partial charge < -0.3 is 10.6 Å². The summed E-state index contributed by atoms with van der Waals surface area (Å²) in [5, 5.41) is 5.86. The van der Waals surface area contributed by atoms with Gasteiger partial charge in [-0.25, -0.2) is 0 Å². The molecule has 4 nitrogen and oxygen atoms in total. The van der Waals surface area contributed by atoms with Crippen molar-refractivity contribution in [2.75, 3.05) is 0 Å². The van der Waals surface area contributed by atoms with Crippen LogP contribution in [0, 0.1) is 0 Å². The molecule has 4 heteroatoms. The molecule has 0 spiro atoms. The minimum Gasteiger partial charge on any atom is -0.377 e. The SMILES string of the molecule is CC(C)NC(=O)C(C)NC1=CC(=O)CC1. The number of hydrogen-bond donors (Lipinski definition) is 2. The van der Waals surface area contributed by atoms with Crippen LogP contribution in [0.4, 0.5) is 0 Å². The molecule has 1 aliphatic carbocycles. The Morgan fingerprint density at radius 1 is 1.33 bits per heavy atom. The maximum Gasteiger partial charge on any atom is 0.242 e. The molecule has 0 heterocycles. The fourth-order valence-electron chi connectivity index (χ4n) is 1.46. The second-order valence-corrected chi connectivity index (χ2v) is 4.17. The fraction of sp³-hybridized carbons (Fsp3) is 0.636. The maximum atomic E-state index is 11.5. The van der Waals surface area contributed by atoms with Crippen molar-refractivity contribution in [2.45, 2.75) is 45.7 Å². The first kappa shape index (κ1) is 11.8. The monoisotopic (exact) mass is 210 g/mol. The average Bonchev–Trinajstić information content (AvgIpc) is 2.50. The third-order valence-corrected chi connectivity index (χ3v) is 2.20. The molecule has 15 heavy (non-hydrogen) atoms. The van der Waals surface area contributed by atoms with Gasteiger partial charge in [-0.3, -0.25) is 9.59 Å². The highest BCUT2D eigenvalue weighted by Gasteiger charge is 2.17. The zero-order valence-corrected chi connectivity index (χ0v) is 9.46. The highest BCUT2D eigenvalue weighted by molar-refractivity contribution is 5.93. The van der Waals surface area contributed by atoms with E-state index in [-0.39, 0.29) is 23.8 Å². The lowest BCUT2D eigenvalue weighted by atomic mass is 10.2. The van der Waals surface area contributed by atoms with Crippen molar-refractivity contribution in [2.24, 2.45) is 0 Å². The quantitative estimate of drug-likeness (QED) is 0.719. The molecule has 0 aromatic heterocycles. The summed E-state index contributed by atoms with van der Waals surface area (Å²) in [4.78, 5) is 22.5. The Balaban J connectivity index is 2.41. The number of hydrogen-bond acceptors (Lipinski definition) is 3. The Kier molecular flexibility index (Phi) is 3.88. The molecule has 84 valence electrons. The number of carbonyl (C=O) groups is 2. The second-order valence-electron chi connectivity index (χ2n) is 4.17. The summed E-state index contributed by atoms with van der Waals surface area (Å²) in [6.07, 6.45) is 2.86. The van der Waals surface area contributed by atoms with Crippen molar-refractivity contribution >= 4 is 11.7 Å².